The van der Waals surface area contributed by atoms with Gasteiger partial charge in [-0.25, -0.2) is 9.18 Å². The molecule has 1 N–H and O–H groups in total. The molecule has 1 aromatic carbocycles. The molecule has 0 bridgehead atoms. The third-order valence-electron chi connectivity index (χ3n) is 5.54. The molecule has 4 rings (SSSR count). The number of rotatable bonds is 4. The summed E-state index contributed by atoms with van der Waals surface area (Å²) in [6.45, 7) is 3.56. The lowest BCUT2D eigenvalue weighted by Crippen LogP contribution is -2.46. The fraction of sp³-hybridized carbons (Fsp3) is 0.526. The first-order chi connectivity index (χ1) is 13.0. The molecule has 0 radical (unpaired) electrons. The minimum absolute atomic E-state index is 0.0760. The molecule has 6 nitrogen and oxygen atoms in total. The van der Waals surface area contributed by atoms with Crippen molar-refractivity contribution in [2.45, 2.75) is 43.9 Å². The molecule has 2 amide bonds. The lowest BCUT2D eigenvalue weighted by molar-refractivity contribution is 0.171. The fourth-order valence-electron chi connectivity index (χ4n) is 3.81. The van der Waals surface area contributed by atoms with Gasteiger partial charge in [0.05, 0.1) is 5.92 Å². The number of amides is 2. The molecular formula is C19H22ClFN4O2. The van der Waals surface area contributed by atoms with Crippen LogP contribution in [0.25, 0.3) is 0 Å². The molecule has 1 aliphatic carbocycles. The summed E-state index contributed by atoms with van der Waals surface area (Å²) in [6, 6.07) is 4.39. The van der Waals surface area contributed by atoms with Crippen LogP contribution in [0, 0.1) is 12.7 Å². The number of hydrogen-bond donors (Lipinski definition) is 1. The highest BCUT2D eigenvalue weighted by Crippen LogP contribution is 2.50. The van der Waals surface area contributed by atoms with Crippen molar-refractivity contribution >= 4 is 17.6 Å². The number of nitrogens with zero attached hydrogens (tertiary/aromatic N) is 3. The van der Waals surface area contributed by atoms with Crippen LogP contribution in [0.3, 0.4) is 0 Å². The summed E-state index contributed by atoms with van der Waals surface area (Å²) in [7, 11) is 0. The molecule has 0 spiro atoms. The van der Waals surface area contributed by atoms with Crippen LogP contribution in [0.5, 0.6) is 0 Å². The predicted octanol–water partition coefficient (Wildman–Crippen LogP) is 3.79. The Balaban J connectivity index is 1.37. The Kier molecular flexibility index (Phi) is 4.80. The van der Waals surface area contributed by atoms with Gasteiger partial charge in [0.2, 0.25) is 5.89 Å². The number of urea groups is 1. The average Bonchev–Trinajstić information content (AvgIpc) is 3.31. The lowest BCUT2D eigenvalue weighted by Gasteiger charge is -2.31. The van der Waals surface area contributed by atoms with Gasteiger partial charge >= 0.3 is 6.03 Å². The summed E-state index contributed by atoms with van der Waals surface area (Å²) in [5, 5.41) is 7.31. The number of hydrogen-bond acceptors (Lipinski definition) is 4. The van der Waals surface area contributed by atoms with E-state index >= 15 is 0 Å². The molecule has 2 aliphatic rings. The molecule has 2 heterocycles. The largest absolute Gasteiger partial charge is 0.339 e. The molecule has 1 unspecified atom stereocenters. The van der Waals surface area contributed by atoms with Gasteiger partial charge in [-0.1, -0.05) is 22.8 Å². The Labute approximate surface area is 162 Å². The lowest BCUT2D eigenvalue weighted by atomic mass is 9.95. The molecule has 8 heteroatoms. The van der Waals surface area contributed by atoms with Crippen LogP contribution < -0.4 is 5.32 Å². The summed E-state index contributed by atoms with van der Waals surface area (Å²) >= 11 is 6.22. The van der Waals surface area contributed by atoms with Gasteiger partial charge in [0.15, 0.2) is 5.82 Å². The van der Waals surface area contributed by atoms with E-state index in [1.165, 1.54) is 12.1 Å². The number of nitrogens with one attached hydrogen (secondary N) is 1. The van der Waals surface area contributed by atoms with Crippen LogP contribution in [-0.2, 0) is 5.41 Å². The van der Waals surface area contributed by atoms with E-state index in [2.05, 4.69) is 15.5 Å². The topological polar surface area (TPSA) is 71.3 Å². The standard InChI is InChI=1S/C19H22ClFN4O2/c1-12-23-17(27-24-12)13-3-2-8-25(10-13)18(26)22-11-19(6-7-19)15-5-4-14(21)9-16(15)20/h4-5,9,13H,2-3,6-8,10-11H2,1H3,(H,22,26). The highest BCUT2D eigenvalue weighted by molar-refractivity contribution is 6.31. The van der Waals surface area contributed by atoms with Gasteiger partial charge in [-0.2, -0.15) is 4.98 Å². The molecule has 1 saturated carbocycles. The smallest absolute Gasteiger partial charge is 0.317 e. The highest BCUT2D eigenvalue weighted by atomic mass is 35.5. The monoisotopic (exact) mass is 392 g/mol. The van der Waals surface area contributed by atoms with Crippen LogP contribution >= 0.6 is 11.6 Å². The number of likely N-dealkylation sites (tertiary alicyclic amines) is 1. The zero-order valence-corrected chi connectivity index (χ0v) is 15.9. The Morgan fingerprint density at radius 3 is 2.96 bits per heavy atom. The Morgan fingerprint density at radius 2 is 2.30 bits per heavy atom. The predicted molar refractivity (Wildman–Crippen MR) is 98.3 cm³/mol. The summed E-state index contributed by atoms with van der Waals surface area (Å²) < 4.78 is 18.6. The number of piperidine rings is 1. The van der Waals surface area contributed by atoms with Gasteiger partial charge in [-0.05, 0) is 50.3 Å². The van der Waals surface area contributed by atoms with E-state index in [1.54, 1.807) is 17.9 Å². The number of aromatic nitrogens is 2. The minimum Gasteiger partial charge on any atom is -0.339 e. The number of carbonyl (C=O) groups is 1. The maximum atomic E-state index is 13.3. The van der Waals surface area contributed by atoms with Crippen LogP contribution in [-0.4, -0.2) is 40.7 Å². The average molecular weight is 393 g/mol. The van der Waals surface area contributed by atoms with Crippen molar-refractivity contribution in [2.75, 3.05) is 19.6 Å². The van der Waals surface area contributed by atoms with Gasteiger partial charge in [0.1, 0.15) is 5.82 Å². The maximum Gasteiger partial charge on any atom is 0.317 e. The third-order valence-corrected chi connectivity index (χ3v) is 5.85. The van der Waals surface area contributed by atoms with E-state index < -0.39 is 0 Å². The van der Waals surface area contributed by atoms with Crippen molar-refractivity contribution in [2.24, 2.45) is 0 Å². The first kappa shape index (κ1) is 18.2. The summed E-state index contributed by atoms with van der Waals surface area (Å²) in [5.41, 5.74) is 0.725. The first-order valence-corrected chi connectivity index (χ1v) is 9.63. The molecule has 1 atom stereocenters. The van der Waals surface area contributed by atoms with Gasteiger partial charge in [-0.3, -0.25) is 0 Å². The van der Waals surface area contributed by atoms with Crippen LogP contribution in [0.1, 0.15) is 48.9 Å². The first-order valence-electron chi connectivity index (χ1n) is 9.25. The second-order valence-electron chi connectivity index (χ2n) is 7.53. The van der Waals surface area contributed by atoms with Gasteiger partial charge in [0, 0.05) is 30.1 Å². The fourth-order valence-corrected chi connectivity index (χ4v) is 4.18. The zero-order chi connectivity index (χ0) is 19.0. The Bertz CT molecular complexity index is 852. The number of halogens is 2. The van der Waals surface area contributed by atoms with E-state index in [1.807, 2.05) is 0 Å². The number of carbonyl (C=O) groups excluding carboxylic acids is 1. The molecule has 2 fully saturated rings. The third kappa shape index (κ3) is 3.78. The number of benzene rings is 1. The summed E-state index contributed by atoms with van der Waals surface area (Å²) in [4.78, 5) is 18.8. The second kappa shape index (κ2) is 7.11. The van der Waals surface area contributed by atoms with E-state index in [9.17, 15) is 9.18 Å². The zero-order valence-electron chi connectivity index (χ0n) is 15.2. The van der Waals surface area contributed by atoms with Crippen LogP contribution in [0.4, 0.5) is 9.18 Å². The second-order valence-corrected chi connectivity index (χ2v) is 7.94. The minimum atomic E-state index is -0.348. The van der Waals surface area contributed by atoms with Gasteiger partial charge < -0.3 is 14.7 Å². The normalized spacial score (nSPS) is 21.1. The maximum absolute atomic E-state index is 13.3. The van der Waals surface area contributed by atoms with Gasteiger partial charge in [-0.15, -0.1) is 0 Å². The quantitative estimate of drug-likeness (QED) is 0.859. The number of aryl methyl sites for hydroxylation is 1. The Hall–Kier alpha value is -2.15. The molecule has 27 heavy (non-hydrogen) atoms. The van der Waals surface area contributed by atoms with Crippen molar-refractivity contribution in [3.63, 3.8) is 0 Å². The molecule has 1 saturated heterocycles. The molecular weight excluding hydrogens is 371 g/mol. The Morgan fingerprint density at radius 1 is 1.48 bits per heavy atom. The molecule has 1 aliphatic heterocycles. The van der Waals surface area contributed by atoms with Gasteiger partial charge in [0.25, 0.3) is 0 Å². The molecule has 144 valence electrons. The molecule has 1 aromatic heterocycles. The molecule has 2 aromatic rings. The van der Waals surface area contributed by atoms with E-state index in [0.29, 0.717) is 36.4 Å². The van der Waals surface area contributed by atoms with Crippen molar-refractivity contribution in [1.82, 2.24) is 20.4 Å². The van der Waals surface area contributed by atoms with Crippen molar-refractivity contribution in [1.29, 1.82) is 0 Å². The van der Waals surface area contributed by atoms with E-state index in [0.717, 1.165) is 31.2 Å². The highest BCUT2D eigenvalue weighted by Gasteiger charge is 2.46. The van der Waals surface area contributed by atoms with Crippen molar-refractivity contribution in [3.05, 3.63) is 46.3 Å². The van der Waals surface area contributed by atoms with E-state index in [-0.39, 0.29) is 23.2 Å². The SMILES string of the molecule is Cc1noc(C2CCCN(C(=O)NCC3(c4ccc(F)cc4Cl)CC3)C2)n1. The summed E-state index contributed by atoms with van der Waals surface area (Å²) in [6.07, 6.45) is 3.69. The van der Waals surface area contributed by atoms with Crippen LogP contribution in [0.2, 0.25) is 5.02 Å². The summed E-state index contributed by atoms with van der Waals surface area (Å²) in [5.74, 6) is 0.937. The van der Waals surface area contributed by atoms with Crippen molar-refractivity contribution < 1.29 is 13.7 Å². The van der Waals surface area contributed by atoms with Crippen LogP contribution in [0.15, 0.2) is 22.7 Å². The van der Waals surface area contributed by atoms with Crippen molar-refractivity contribution in [3.8, 4) is 0 Å². The van der Waals surface area contributed by atoms with E-state index in [4.69, 9.17) is 16.1 Å².